The fraction of sp³-hybridized carbons (Fsp3) is 0.143. The van der Waals surface area contributed by atoms with Crippen LogP contribution in [0.5, 0.6) is 0 Å². The molecule has 0 bridgehead atoms. The number of hydrogen-bond acceptors (Lipinski definition) is 4. The summed E-state index contributed by atoms with van der Waals surface area (Å²) in [5.41, 5.74) is -0.990. The SMILES string of the molecule is N#Cc1cc(C(F)F)nc(S(N)(=O)=O)c1I. The molecule has 0 saturated heterocycles. The molecule has 0 fully saturated rings. The smallest absolute Gasteiger partial charge is 0.233 e. The van der Waals surface area contributed by atoms with Crippen LogP contribution in [0.1, 0.15) is 17.7 Å². The molecule has 0 radical (unpaired) electrons. The molecule has 0 aliphatic rings. The third-order valence-electron chi connectivity index (χ3n) is 1.56. The van der Waals surface area contributed by atoms with E-state index in [9.17, 15) is 17.2 Å². The summed E-state index contributed by atoms with van der Waals surface area (Å²) in [6.07, 6.45) is -2.97. The van der Waals surface area contributed by atoms with E-state index in [4.69, 9.17) is 10.4 Å². The lowest BCUT2D eigenvalue weighted by atomic mass is 10.2. The van der Waals surface area contributed by atoms with Gasteiger partial charge in [-0.15, -0.1) is 0 Å². The second kappa shape index (κ2) is 4.56. The number of nitriles is 1. The molecule has 1 aromatic rings. The van der Waals surface area contributed by atoms with E-state index in [2.05, 4.69) is 4.98 Å². The molecule has 1 heterocycles. The van der Waals surface area contributed by atoms with Crippen LogP contribution in [0.15, 0.2) is 11.1 Å². The van der Waals surface area contributed by atoms with Gasteiger partial charge >= 0.3 is 0 Å². The average molecular weight is 359 g/mol. The fourth-order valence-electron chi connectivity index (χ4n) is 0.907. The number of aromatic nitrogens is 1. The zero-order valence-corrected chi connectivity index (χ0v) is 10.5. The average Bonchev–Trinajstić information content (AvgIpc) is 2.15. The van der Waals surface area contributed by atoms with Gasteiger partial charge in [0.05, 0.1) is 9.13 Å². The Morgan fingerprint density at radius 2 is 2.12 bits per heavy atom. The van der Waals surface area contributed by atoms with Crippen LogP contribution in [0.3, 0.4) is 0 Å². The van der Waals surface area contributed by atoms with Gasteiger partial charge in [-0.05, 0) is 28.7 Å². The molecule has 0 aliphatic heterocycles. The molecule has 0 aliphatic carbocycles. The van der Waals surface area contributed by atoms with Gasteiger partial charge in [0.15, 0.2) is 5.03 Å². The van der Waals surface area contributed by atoms with Gasteiger partial charge in [0.25, 0.3) is 16.4 Å². The van der Waals surface area contributed by atoms with Crippen LogP contribution in [-0.4, -0.2) is 13.4 Å². The summed E-state index contributed by atoms with van der Waals surface area (Å²) in [5, 5.41) is 12.7. The summed E-state index contributed by atoms with van der Waals surface area (Å²) in [6, 6.07) is 2.44. The number of rotatable bonds is 2. The van der Waals surface area contributed by atoms with E-state index in [0.717, 1.165) is 6.07 Å². The van der Waals surface area contributed by atoms with Crippen molar-refractivity contribution in [2.45, 2.75) is 11.5 Å². The van der Waals surface area contributed by atoms with Crippen LogP contribution >= 0.6 is 22.6 Å². The zero-order chi connectivity index (χ0) is 12.5. The van der Waals surface area contributed by atoms with Crippen molar-refractivity contribution in [3.05, 3.63) is 20.9 Å². The van der Waals surface area contributed by atoms with Gasteiger partial charge in [0.1, 0.15) is 11.8 Å². The normalized spacial score (nSPS) is 11.5. The van der Waals surface area contributed by atoms with Crippen molar-refractivity contribution in [3.8, 4) is 6.07 Å². The molecule has 2 N–H and O–H groups in total. The van der Waals surface area contributed by atoms with Crippen molar-refractivity contribution >= 4 is 32.6 Å². The largest absolute Gasteiger partial charge is 0.280 e. The quantitative estimate of drug-likeness (QED) is 0.801. The Morgan fingerprint density at radius 3 is 2.50 bits per heavy atom. The van der Waals surface area contributed by atoms with Gasteiger partial charge in [0, 0.05) is 0 Å². The lowest BCUT2D eigenvalue weighted by Crippen LogP contribution is -2.17. The van der Waals surface area contributed by atoms with Gasteiger partial charge in [-0.1, -0.05) is 0 Å². The van der Waals surface area contributed by atoms with Crippen molar-refractivity contribution in [3.63, 3.8) is 0 Å². The Labute approximate surface area is 103 Å². The fourth-order valence-corrected chi connectivity index (χ4v) is 2.82. The molecule has 5 nitrogen and oxygen atoms in total. The highest BCUT2D eigenvalue weighted by Gasteiger charge is 2.22. The molecule has 0 saturated carbocycles. The number of sulfonamides is 1. The summed E-state index contributed by atoms with van der Waals surface area (Å²) in [4.78, 5) is 3.23. The first-order valence-corrected chi connectivity index (χ1v) is 6.31. The summed E-state index contributed by atoms with van der Waals surface area (Å²) in [6.45, 7) is 0. The summed E-state index contributed by atoms with van der Waals surface area (Å²) >= 11 is 1.52. The first kappa shape index (κ1) is 13.2. The van der Waals surface area contributed by atoms with E-state index in [1.165, 1.54) is 22.6 Å². The molecule has 0 unspecified atom stereocenters. The number of primary sulfonamides is 1. The van der Waals surface area contributed by atoms with Crippen molar-refractivity contribution in [2.75, 3.05) is 0 Å². The van der Waals surface area contributed by atoms with Crippen molar-refractivity contribution in [1.29, 1.82) is 5.26 Å². The molecular weight excluding hydrogens is 355 g/mol. The molecule has 0 amide bonds. The second-order valence-electron chi connectivity index (χ2n) is 2.67. The first-order valence-electron chi connectivity index (χ1n) is 3.69. The van der Waals surface area contributed by atoms with Crippen LogP contribution in [-0.2, 0) is 10.0 Å². The monoisotopic (exact) mass is 359 g/mol. The van der Waals surface area contributed by atoms with Gasteiger partial charge in [0.2, 0.25) is 0 Å². The maximum atomic E-state index is 12.4. The van der Waals surface area contributed by atoms with Gasteiger partial charge in [-0.25, -0.2) is 27.3 Å². The zero-order valence-electron chi connectivity index (χ0n) is 7.49. The summed E-state index contributed by atoms with van der Waals surface area (Å²) in [5.74, 6) is 0. The van der Waals surface area contributed by atoms with Crippen molar-refractivity contribution < 1.29 is 17.2 Å². The summed E-state index contributed by atoms with van der Waals surface area (Å²) < 4.78 is 46.8. The lowest BCUT2D eigenvalue weighted by molar-refractivity contribution is 0.145. The van der Waals surface area contributed by atoms with Gasteiger partial charge < -0.3 is 0 Å². The van der Waals surface area contributed by atoms with E-state index >= 15 is 0 Å². The predicted octanol–water partition coefficient (Wildman–Crippen LogP) is 1.14. The molecule has 1 aromatic heterocycles. The third-order valence-corrected chi connectivity index (χ3v) is 3.85. The maximum absolute atomic E-state index is 12.4. The van der Waals surface area contributed by atoms with Gasteiger partial charge in [-0.2, -0.15) is 5.26 Å². The molecule has 0 atom stereocenters. The number of nitrogens with zero attached hydrogens (tertiary/aromatic N) is 2. The van der Waals surface area contributed by atoms with Crippen molar-refractivity contribution in [1.82, 2.24) is 4.98 Å². The Hall–Kier alpha value is -0.860. The summed E-state index contributed by atoms with van der Waals surface area (Å²) in [7, 11) is -4.23. The third kappa shape index (κ3) is 2.63. The topological polar surface area (TPSA) is 96.8 Å². The maximum Gasteiger partial charge on any atom is 0.280 e. The Morgan fingerprint density at radius 1 is 1.56 bits per heavy atom. The lowest BCUT2D eigenvalue weighted by Gasteiger charge is -2.06. The molecule has 9 heteroatoms. The second-order valence-corrected chi connectivity index (χ2v) is 5.23. The molecule has 16 heavy (non-hydrogen) atoms. The minimum absolute atomic E-state index is 0.0630. The number of alkyl halides is 2. The standard InChI is InChI=1S/C7H4F2IN3O2S/c8-6(9)4-1-3(2-11)5(10)7(13-4)16(12,14)15/h1,6H,(H2,12,14,15). The van der Waals surface area contributed by atoms with Crippen LogP contribution in [0.25, 0.3) is 0 Å². The molecule has 1 rings (SSSR count). The van der Waals surface area contributed by atoms with E-state index < -0.39 is 27.2 Å². The number of halogens is 3. The minimum atomic E-state index is -4.23. The van der Waals surface area contributed by atoms with E-state index in [-0.39, 0.29) is 9.13 Å². The molecule has 86 valence electrons. The predicted molar refractivity (Wildman–Crippen MR) is 58.0 cm³/mol. The highest BCUT2D eigenvalue weighted by Crippen LogP contribution is 2.24. The molecular formula is C7H4F2IN3O2S. The minimum Gasteiger partial charge on any atom is -0.233 e. The Bertz CT molecular complexity index is 568. The van der Waals surface area contributed by atoms with Crippen LogP contribution < -0.4 is 5.14 Å². The van der Waals surface area contributed by atoms with Crippen LogP contribution in [0.4, 0.5) is 8.78 Å². The first-order chi connectivity index (χ1) is 7.27. The van der Waals surface area contributed by atoms with E-state index in [1.807, 2.05) is 0 Å². The highest BCUT2D eigenvalue weighted by atomic mass is 127. The number of pyridine rings is 1. The molecule has 0 spiro atoms. The van der Waals surface area contributed by atoms with Crippen LogP contribution in [0, 0.1) is 14.9 Å². The molecule has 0 aromatic carbocycles. The van der Waals surface area contributed by atoms with Crippen LogP contribution in [0.2, 0.25) is 0 Å². The van der Waals surface area contributed by atoms with E-state index in [0.29, 0.717) is 0 Å². The highest BCUT2D eigenvalue weighted by molar-refractivity contribution is 14.1. The Balaban J connectivity index is 3.63. The Kier molecular flexibility index (Phi) is 3.76. The van der Waals surface area contributed by atoms with Gasteiger partial charge in [-0.3, -0.25) is 0 Å². The van der Waals surface area contributed by atoms with Crippen molar-refractivity contribution in [2.24, 2.45) is 5.14 Å². The number of hydrogen-bond donors (Lipinski definition) is 1. The van der Waals surface area contributed by atoms with E-state index in [1.54, 1.807) is 6.07 Å². The number of nitrogens with two attached hydrogens (primary N) is 1.